The second kappa shape index (κ2) is 8.56. The zero-order valence-electron chi connectivity index (χ0n) is 14.3. The van der Waals surface area contributed by atoms with E-state index >= 15 is 0 Å². The summed E-state index contributed by atoms with van der Waals surface area (Å²) in [5.74, 6) is -0.282. The molecule has 0 aromatic carbocycles. The van der Waals surface area contributed by atoms with Gasteiger partial charge in [0, 0.05) is 26.2 Å². The molecule has 1 aliphatic rings. The van der Waals surface area contributed by atoms with E-state index in [-0.39, 0.29) is 18.6 Å². The van der Waals surface area contributed by atoms with Crippen molar-refractivity contribution in [3.05, 3.63) is 0 Å². The molecule has 1 rings (SSSR count). The number of nitrogens with zero attached hydrogens (tertiary/aromatic N) is 3. The molecule has 1 aliphatic heterocycles. The van der Waals surface area contributed by atoms with Crippen LogP contribution in [0.2, 0.25) is 0 Å². The van der Waals surface area contributed by atoms with Crippen LogP contribution in [0.5, 0.6) is 0 Å². The molecule has 0 saturated carbocycles. The highest BCUT2D eigenvalue weighted by atomic mass is 16.6. The topological polar surface area (TPSA) is 109 Å². The molecule has 3 N–H and O–H groups in total. The van der Waals surface area contributed by atoms with Gasteiger partial charge in [-0.15, -0.1) is 0 Å². The van der Waals surface area contributed by atoms with Crippen LogP contribution in [0.15, 0.2) is 4.99 Å². The largest absolute Gasteiger partial charge is 0.465 e. The predicted molar refractivity (Wildman–Crippen MR) is 85.6 cm³/mol. The van der Waals surface area contributed by atoms with E-state index in [1.807, 2.05) is 25.8 Å². The summed E-state index contributed by atoms with van der Waals surface area (Å²) in [6.45, 7) is 9.63. The minimum atomic E-state index is -0.503. The first-order chi connectivity index (χ1) is 10.7. The van der Waals surface area contributed by atoms with E-state index in [9.17, 15) is 9.59 Å². The fraction of sp³-hybridized carbons (Fsp3) is 0.786. The maximum atomic E-state index is 11.9. The Bertz CT molecular complexity index is 439. The highest BCUT2D eigenvalue weighted by Gasteiger charge is 2.25. The van der Waals surface area contributed by atoms with Gasteiger partial charge >= 0.3 is 12.1 Å². The smallest absolute Gasteiger partial charge is 0.410 e. The summed E-state index contributed by atoms with van der Waals surface area (Å²) in [7, 11) is 0. The highest BCUT2D eigenvalue weighted by Crippen LogP contribution is 2.11. The van der Waals surface area contributed by atoms with Gasteiger partial charge in [-0.25, -0.2) is 14.8 Å². The van der Waals surface area contributed by atoms with E-state index in [1.54, 1.807) is 11.8 Å². The van der Waals surface area contributed by atoms with Crippen molar-refractivity contribution in [2.45, 2.75) is 33.3 Å². The van der Waals surface area contributed by atoms with Crippen LogP contribution < -0.4 is 11.2 Å². The van der Waals surface area contributed by atoms with Crippen molar-refractivity contribution in [1.82, 2.24) is 15.3 Å². The van der Waals surface area contributed by atoms with Gasteiger partial charge in [0.2, 0.25) is 5.96 Å². The number of hydrazine groups is 1. The zero-order chi connectivity index (χ0) is 17.5. The van der Waals surface area contributed by atoms with Crippen LogP contribution in [0.4, 0.5) is 4.79 Å². The molecule has 1 fully saturated rings. The van der Waals surface area contributed by atoms with Crippen LogP contribution >= 0.6 is 0 Å². The molecule has 0 spiro atoms. The minimum Gasteiger partial charge on any atom is -0.465 e. The third-order valence-electron chi connectivity index (χ3n) is 2.89. The van der Waals surface area contributed by atoms with Gasteiger partial charge in [0.1, 0.15) is 12.1 Å². The monoisotopic (exact) mass is 329 g/mol. The van der Waals surface area contributed by atoms with Crippen molar-refractivity contribution in [1.29, 1.82) is 0 Å². The van der Waals surface area contributed by atoms with Gasteiger partial charge in [-0.2, -0.15) is 0 Å². The van der Waals surface area contributed by atoms with Crippen molar-refractivity contribution in [2.24, 2.45) is 10.7 Å². The molecule has 132 valence electrons. The predicted octanol–water partition coefficient (Wildman–Crippen LogP) is -0.0785. The summed E-state index contributed by atoms with van der Waals surface area (Å²) in [6.07, 6.45) is -0.318. The number of carbonyl (C=O) groups is 2. The summed E-state index contributed by atoms with van der Waals surface area (Å²) >= 11 is 0. The molecule has 0 aliphatic carbocycles. The van der Waals surface area contributed by atoms with E-state index in [1.165, 1.54) is 0 Å². The maximum Gasteiger partial charge on any atom is 0.410 e. The summed E-state index contributed by atoms with van der Waals surface area (Å²) in [5, 5.41) is 1.84. The Kier molecular flexibility index (Phi) is 7.08. The average molecular weight is 329 g/mol. The van der Waals surface area contributed by atoms with Crippen molar-refractivity contribution in [3.8, 4) is 0 Å². The highest BCUT2D eigenvalue weighted by molar-refractivity contribution is 5.81. The van der Waals surface area contributed by atoms with E-state index in [0.717, 1.165) is 0 Å². The Hall–Kier alpha value is -2.03. The molecular formula is C14H27N5O4. The Balaban J connectivity index is 2.34. The van der Waals surface area contributed by atoms with Crippen LogP contribution in [0, 0.1) is 0 Å². The van der Waals surface area contributed by atoms with Crippen molar-refractivity contribution >= 4 is 18.0 Å². The quantitative estimate of drug-likeness (QED) is 0.422. The fourth-order valence-electron chi connectivity index (χ4n) is 1.88. The van der Waals surface area contributed by atoms with Gasteiger partial charge in [-0.1, -0.05) is 0 Å². The van der Waals surface area contributed by atoms with Crippen LogP contribution in [0.3, 0.4) is 0 Å². The van der Waals surface area contributed by atoms with Crippen LogP contribution in [0.25, 0.3) is 0 Å². The molecule has 0 unspecified atom stereocenters. The summed E-state index contributed by atoms with van der Waals surface area (Å²) in [6, 6.07) is 0. The van der Waals surface area contributed by atoms with Crippen LogP contribution in [-0.4, -0.2) is 72.9 Å². The third kappa shape index (κ3) is 7.68. The zero-order valence-corrected chi connectivity index (χ0v) is 14.3. The van der Waals surface area contributed by atoms with Gasteiger partial charge in [0.25, 0.3) is 0 Å². The van der Waals surface area contributed by atoms with Gasteiger partial charge in [0.05, 0.1) is 6.61 Å². The Morgan fingerprint density at radius 2 is 1.83 bits per heavy atom. The third-order valence-corrected chi connectivity index (χ3v) is 2.89. The normalized spacial score (nSPS) is 16.9. The second-order valence-electron chi connectivity index (χ2n) is 6.07. The number of carbonyl (C=O) groups excluding carboxylic acids is 2. The molecule has 1 saturated heterocycles. The molecular weight excluding hydrogens is 302 g/mol. The van der Waals surface area contributed by atoms with E-state index < -0.39 is 11.6 Å². The number of hydrogen-bond acceptors (Lipinski definition) is 6. The number of rotatable bonds is 4. The first kappa shape index (κ1) is 19.0. The molecule has 23 heavy (non-hydrogen) atoms. The number of guanidine groups is 1. The molecule has 1 amide bonds. The molecule has 0 radical (unpaired) electrons. The average Bonchev–Trinajstić information content (AvgIpc) is 2.44. The Labute approximate surface area is 136 Å². The Morgan fingerprint density at radius 1 is 1.22 bits per heavy atom. The fourth-order valence-corrected chi connectivity index (χ4v) is 1.88. The van der Waals surface area contributed by atoms with Crippen molar-refractivity contribution in [3.63, 3.8) is 0 Å². The lowest BCUT2D eigenvalue weighted by molar-refractivity contribution is -0.141. The number of aliphatic imine (C=N–C) groups is 1. The summed E-state index contributed by atoms with van der Waals surface area (Å²) < 4.78 is 10.1. The van der Waals surface area contributed by atoms with Crippen LogP contribution in [-0.2, 0) is 14.3 Å². The number of nitrogens with two attached hydrogens (primary N) is 1. The lowest BCUT2D eigenvalue weighted by Crippen LogP contribution is -2.56. The Morgan fingerprint density at radius 3 is 2.35 bits per heavy atom. The molecule has 0 atom stereocenters. The molecule has 0 bridgehead atoms. The van der Waals surface area contributed by atoms with E-state index in [0.29, 0.717) is 32.8 Å². The number of esters is 1. The van der Waals surface area contributed by atoms with Crippen molar-refractivity contribution in [2.75, 3.05) is 39.3 Å². The standard InChI is InChI=1S/C14H27N5O4/c1-5-22-11(20)10-16-12(15)17-19-8-6-18(7-9-19)13(21)23-14(2,3)4/h5-10H2,1-4H3,(H3,15,16,17). The van der Waals surface area contributed by atoms with E-state index in [2.05, 4.69) is 10.4 Å². The molecule has 0 aromatic heterocycles. The minimum absolute atomic E-state index is 0.120. The lowest BCUT2D eigenvalue weighted by atomic mass is 10.2. The number of amides is 1. The number of piperazine rings is 1. The molecule has 1 heterocycles. The van der Waals surface area contributed by atoms with Gasteiger partial charge in [0.15, 0.2) is 0 Å². The second-order valence-corrected chi connectivity index (χ2v) is 6.07. The number of ether oxygens (including phenoxy) is 2. The van der Waals surface area contributed by atoms with E-state index in [4.69, 9.17) is 15.2 Å². The number of hydrogen-bond donors (Lipinski definition) is 2. The van der Waals surface area contributed by atoms with Gasteiger partial charge in [-0.3, -0.25) is 10.2 Å². The first-order valence-electron chi connectivity index (χ1n) is 7.66. The number of nitrogens with one attached hydrogen (secondary N) is 1. The summed E-state index contributed by atoms with van der Waals surface area (Å²) in [4.78, 5) is 28.7. The van der Waals surface area contributed by atoms with Crippen molar-refractivity contribution < 1.29 is 19.1 Å². The molecule has 9 nitrogen and oxygen atoms in total. The maximum absolute atomic E-state index is 11.9. The van der Waals surface area contributed by atoms with Gasteiger partial charge < -0.3 is 20.1 Å². The first-order valence-corrected chi connectivity index (χ1v) is 7.66. The van der Waals surface area contributed by atoms with Crippen LogP contribution in [0.1, 0.15) is 27.7 Å². The molecule has 9 heteroatoms. The summed E-state index contributed by atoms with van der Waals surface area (Å²) in [5.41, 5.74) is 8.11. The molecule has 0 aromatic rings. The van der Waals surface area contributed by atoms with Gasteiger partial charge in [-0.05, 0) is 27.7 Å². The lowest BCUT2D eigenvalue weighted by Gasteiger charge is -2.35. The SMILES string of the molecule is CCOC(=O)CN=C(N)NN1CCN(C(=O)OC(C)(C)C)CC1.